The number of ketones is 2. The van der Waals surface area contributed by atoms with Crippen molar-refractivity contribution in [3.63, 3.8) is 0 Å². The van der Waals surface area contributed by atoms with Gasteiger partial charge in [0.1, 0.15) is 11.4 Å². The number of ether oxygens (including phenoxy) is 1. The molecule has 172 valence electrons. The third-order valence-electron chi connectivity index (χ3n) is 5.24. The molecule has 0 aromatic carbocycles. The Morgan fingerprint density at radius 1 is 0.690 bits per heavy atom. The zero-order chi connectivity index (χ0) is 23.7. The average Bonchev–Trinajstić information content (AvgIpc) is 2.40. The topological polar surface area (TPSA) is 55.4 Å². The van der Waals surface area contributed by atoms with Crippen LogP contribution in [0.2, 0.25) is 0 Å². The van der Waals surface area contributed by atoms with Crippen molar-refractivity contribution in [3.8, 4) is 0 Å². The van der Waals surface area contributed by atoms with E-state index in [2.05, 4.69) is 39.9 Å². The molecule has 0 rings (SSSR count). The molecule has 0 heterocycles. The maximum atomic E-state index is 13.4. The zero-order valence-electron chi connectivity index (χ0n) is 21.8. The Balaban J connectivity index is 5.16. The standard InChI is InChI=1S/C25H49NO3/c1-20(2,3)18(27)22(7,8)17-23(9,10)19(28)25(13,14)29-16-15-24(11,12)26-21(4,5)6/h26H,15-17H2,1-14H3. The Morgan fingerprint density at radius 3 is 1.48 bits per heavy atom. The molecular weight excluding hydrogens is 362 g/mol. The molecule has 0 aliphatic rings. The number of nitrogens with one attached hydrogen (secondary N) is 1. The first-order valence-corrected chi connectivity index (χ1v) is 11.0. The first-order chi connectivity index (χ1) is 12.4. The Labute approximate surface area is 180 Å². The fourth-order valence-corrected chi connectivity index (χ4v) is 4.80. The maximum absolute atomic E-state index is 13.4. The molecule has 0 aromatic rings. The van der Waals surface area contributed by atoms with Gasteiger partial charge in [0.2, 0.25) is 0 Å². The van der Waals surface area contributed by atoms with E-state index in [-0.39, 0.29) is 22.6 Å². The van der Waals surface area contributed by atoms with Gasteiger partial charge >= 0.3 is 0 Å². The molecule has 0 fully saturated rings. The van der Waals surface area contributed by atoms with Gasteiger partial charge < -0.3 is 10.1 Å². The fourth-order valence-electron chi connectivity index (χ4n) is 4.80. The molecule has 4 heteroatoms. The zero-order valence-corrected chi connectivity index (χ0v) is 21.8. The molecular formula is C25H49NO3. The summed E-state index contributed by atoms with van der Waals surface area (Å²) in [4.78, 5) is 26.3. The number of hydrogen-bond donors (Lipinski definition) is 1. The van der Waals surface area contributed by atoms with Crippen molar-refractivity contribution < 1.29 is 14.3 Å². The summed E-state index contributed by atoms with van der Waals surface area (Å²) in [6.07, 6.45) is 1.30. The summed E-state index contributed by atoms with van der Waals surface area (Å²) in [5, 5.41) is 3.60. The van der Waals surface area contributed by atoms with Crippen molar-refractivity contribution in [2.45, 2.75) is 126 Å². The Kier molecular flexibility index (Phi) is 8.56. The molecule has 0 saturated heterocycles. The van der Waals surface area contributed by atoms with Crippen LogP contribution in [0.5, 0.6) is 0 Å². The van der Waals surface area contributed by atoms with Crippen LogP contribution < -0.4 is 5.32 Å². The van der Waals surface area contributed by atoms with Crippen LogP contribution in [0.4, 0.5) is 0 Å². The van der Waals surface area contributed by atoms with Crippen molar-refractivity contribution in [2.24, 2.45) is 16.2 Å². The molecule has 0 unspecified atom stereocenters. The summed E-state index contributed by atoms with van der Waals surface area (Å²) >= 11 is 0. The quantitative estimate of drug-likeness (QED) is 0.481. The minimum Gasteiger partial charge on any atom is -0.368 e. The van der Waals surface area contributed by atoms with E-state index in [1.165, 1.54) is 0 Å². The van der Waals surface area contributed by atoms with Crippen LogP contribution in [0, 0.1) is 16.2 Å². The molecule has 0 saturated carbocycles. The number of rotatable bonds is 10. The van der Waals surface area contributed by atoms with Gasteiger partial charge in [0.15, 0.2) is 5.78 Å². The lowest BCUT2D eigenvalue weighted by molar-refractivity contribution is -0.153. The van der Waals surface area contributed by atoms with Gasteiger partial charge in [0.05, 0.1) is 0 Å². The minimum atomic E-state index is -0.901. The van der Waals surface area contributed by atoms with E-state index in [1.807, 2.05) is 62.3 Å². The van der Waals surface area contributed by atoms with E-state index in [0.29, 0.717) is 13.0 Å². The molecule has 29 heavy (non-hydrogen) atoms. The summed E-state index contributed by atoms with van der Waals surface area (Å²) in [6, 6.07) is 0. The third kappa shape index (κ3) is 9.29. The normalized spacial score (nSPS) is 14.8. The average molecular weight is 412 g/mol. The summed E-state index contributed by atoms with van der Waals surface area (Å²) in [6.45, 7) is 28.5. The van der Waals surface area contributed by atoms with E-state index >= 15 is 0 Å². The van der Waals surface area contributed by atoms with Gasteiger partial charge in [0.25, 0.3) is 0 Å². The Hall–Kier alpha value is -0.740. The molecule has 0 aromatic heterocycles. The van der Waals surface area contributed by atoms with Gasteiger partial charge in [-0.3, -0.25) is 9.59 Å². The van der Waals surface area contributed by atoms with Gasteiger partial charge in [-0.25, -0.2) is 0 Å². The number of hydrogen-bond acceptors (Lipinski definition) is 4. The lowest BCUT2D eigenvalue weighted by Crippen LogP contribution is -2.52. The molecule has 0 radical (unpaired) electrons. The van der Waals surface area contributed by atoms with Crippen LogP contribution in [0.1, 0.15) is 110 Å². The molecule has 0 atom stereocenters. The monoisotopic (exact) mass is 411 g/mol. The second-order valence-electron chi connectivity index (χ2n) is 13.2. The third-order valence-corrected chi connectivity index (χ3v) is 5.24. The highest BCUT2D eigenvalue weighted by atomic mass is 16.5. The predicted molar refractivity (Wildman–Crippen MR) is 123 cm³/mol. The van der Waals surface area contributed by atoms with Gasteiger partial charge in [-0.1, -0.05) is 48.5 Å². The van der Waals surface area contributed by atoms with Crippen LogP contribution in [0.3, 0.4) is 0 Å². The Bertz CT molecular complexity index is 584. The van der Waals surface area contributed by atoms with Crippen molar-refractivity contribution in [1.29, 1.82) is 0 Å². The van der Waals surface area contributed by atoms with Crippen LogP contribution in [-0.2, 0) is 14.3 Å². The molecule has 0 bridgehead atoms. The number of carbonyl (C=O) groups is 2. The first kappa shape index (κ1) is 28.3. The highest BCUT2D eigenvalue weighted by Crippen LogP contribution is 2.41. The van der Waals surface area contributed by atoms with Crippen molar-refractivity contribution in [3.05, 3.63) is 0 Å². The fraction of sp³-hybridized carbons (Fsp3) is 0.920. The van der Waals surface area contributed by atoms with Crippen LogP contribution in [-0.4, -0.2) is 34.9 Å². The van der Waals surface area contributed by atoms with Crippen LogP contribution in [0.15, 0.2) is 0 Å². The predicted octanol–water partition coefficient (Wildman–Crippen LogP) is 5.97. The highest BCUT2D eigenvalue weighted by molar-refractivity contribution is 5.93. The van der Waals surface area contributed by atoms with Crippen molar-refractivity contribution in [1.82, 2.24) is 5.32 Å². The smallest absolute Gasteiger partial charge is 0.169 e. The maximum Gasteiger partial charge on any atom is 0.169 e. The van der Waals surface area contributed by atoms with Gasteiger partial charge in [-0.15, -0.1) is 0 Å². The molecule has 0 aliphatic carbocycles. The van der Waals surface area contributed by atoms with Crippen molar-refractivity contribution >= 4 is 11.6 Å². The van der Waals surface area contributed by atoms with Gasteiger partial charge in [-0.05, 0) is 61.3 Å². The lowest BCUT2D eigenvalue weighted by atomic mass is 9.64. The molecule has 0 spiro atoms. The summed E-state index contributed by atoms with van der Waals surface area (Å²) < 4.78 is 6.10. The van der Waals surface area contributed by atoms with E-state index < -0.39 is 21.8 Å². The lowest BCUT2D eigenvalue weighted by Gasteiger charge is -2.40. The minimum absolute atomic E-state index is 0.0159. The highest BCUT2D eigenvalue weighted by Gasteiger charge is 2.46. The van der Waals surface area contributed by atoms with Crippen molar-refractivity contribution in [2.75, 3.05) is 6.61 Å². The Morgan fingerprint density at radius 2 is 1.10 bits per heavy atom. The van der Waals surface area contributed by atoms with E-state index in [0.717, 1.165) is 6.42 Å². The van der Waals surface area contributed by atoms with Gasteiger partial charge in [-0.2, -0.15) is 0 Å². The second kappa shape index (κ2) is 8.78. The largest absolute Gasteiger partial charge is 0.368 e. The second-order valence-corrected chi connectivity index (χ2v) is 13.2. The van der Waals surface area contributed by atoms with Gasteiger partial charge in [0, 0.05) is 33.9 Å². The number of Topliss-reactive ketones (excluding diaryl/α,β-unsaturated/α-hetero) is 2. The summed E-state index contributed by atoms with van der Waals surface area (Å²) in [7, 11) is 0. The summed E-state index contributed by atoms with van der Waals surface area (Å²) in [5.41, 5.74) is -2.64. The number of carbonyl (C=O) groups excluding carboxylic acids is 2. The van der Waals surface area contributed by atoms with E-state index in [9.17, 15) is 9.59 Å². The molecule has 4 nitrogen and oxygen atoms in total. The molecule has 0 amide bonds. The first-order valence-electron chi connectivity index (χ1n) is 11.0. The summed E-state index contributed by atoms with van der Waals surface area (Å²) in [5.74, 6) is 0.223. The van der Waals surface area contributed by atoms with Crippen LogP contribution >= 0.6 is 0 Å². The van der Waals surface area contributed by atoms with E-state index in [1.54, 1.807) is 0 Å². The molecule has 0 aliphatic heterocycles. The SMILES string of the molecule is CC(C)(C)NC(C)(C)CCOC(C)(C)C(=O)C(C)(C)CC(C)(C)C(=O)C(C)(C)C. The molecule has 1 N–H and O–H groups in total. The van der Waals surface area contributed by atoms with Crippen LogP contribution in [0.25, 0.3) is 0 Å². The van der Waals surface area contributed by atoms with E-state index in [4.69, 9.17) is 4.74 Å².